The van der Waals surface area contributed by atoms with Crippen LogP contribution in [0, 0.1) is 0 Å². The Kier molecular flexibility index (Phi) is 5.88. The summed E-state index contributed by atoms with van der Waals surface area (Å²) in [5, 5.41) is 2.71. The topological polar surface area (TPSA) is 76.5 Å². The van der Waals surface area contributed by atoms with Gasteiger partial charge in [0.1, 0.15) is 19.3 Å². The summed E-state index contributed by atoms with van der Waals surface area (Å²) in [6.45, 7) is 2.68. The molecule has 0 aliphatic carbocycles. The minimum atomic E-state index is -1.14. The Morgan fingerprint density at radius 1 is 1.45 bits per heavy atom. The van der Waals surface area contributed by atoms with E-state index in [1.807, 2.05) is 0 Å². The Labute approximate surface area is 128 Å². The summed E-state index contributed by atoms with van der Waals surface area (Å²) >= 11 is 0. The molecule has 0 aromatic carbocycles. The van der Waals surface area contributed by atoms with Crippen LogP contribution < -0.4 is 5.32 Å². The molecule has 22 heavy (non-hydrogen) atoms. The van der Waals surface area contributed by atoms with Gasteiger partial charge in [-0.05, 0) is 6.92 Å². The highest BCUT2D eigenvalue weighted by molar-refractivity contribution is 5.78. The number of carbonyl (C=O) groups is 2. The summed E-state index contributed by atoms with van der Waals surface area (Å²) in [6.07, 6.45) is 3.87. The van der Waals surface area contributed by atoms with Crippen molar-refractivity contribution in [3.8, 4) is 0 Å². The fourth-order valence-electron chi connectivity index (χ4n) is 2.45. The highest BCUT2D eigenvalue weighted by atomic mass is 19.1. The molecule has 0 spiro atoms. The van der Waals surface area contributed by atoms with E-state index in [2.05, 4.69) is 10.3 Å². The van der Waals surface area contributed by atoms with Crippen molar-refractivity contribution in [1.29, 1.82) is 0 Å². The van der Waals surface area contributed by atoms with Gasteiger partial charge in [0.2, 0.25) is 11.8 Å². The molecule has 1 aromatic heterocycles. The van der Waals surface area contributed by atoms with E-state index in [0.29, 0.717) is 13.2 Å². The van der Waals surface area contributed by atoms with Gasteiger partial charge in [-0.1, -0.05) is 0 Å². The average molecular weight is 312 g/mol. The molecule has 0 bridgehead atoms. The largest absolute Gasteiger partial charge is 0.372 e. The number of hydrogen-bond acceptors (Lipinski definition) is 4. The first-order valence-electron chi connectivity index (χ1n) is 7.33. The zero-order chi connectivity index (χ0) is 15.9. The number of carbonyl (C=O) groups excluding carboxylic acids is 2. The van der Waals surface area contributed by atoms with Crippen LogP contribution in [-0.4, -0.2) is 64.8 Å². The smallest absolute Gasteiger partial charge is 0.246 e. The van der Waals surface area contributed by atoms with E-state index in [-0.39, 0.29) is 44.0 Å². The van der Waals surface area contributed by atoms with Gasteiger partial charge in [-0.25, -0.2) is 9.37 Å². The second-order valence-corrected chi connectivity index (χ2v) is 5.27. The number of halogens is 1. The molecule has 2 atom stereocenters. The van der Waals surface area contributed by atoms with Crippen LogP contribution in [0.15, 0.2) is 18.7 Å². The molecular weight excluding hydrogens is 291 g/mol. The molecule has 1 N–H and O–H groups in total. The molecule has 1 aromatic rings. The summed E-state index contributed by atoms with van der Waals surface area (Å²) in [5.41, 5.74) is 0. The average Bonchev–Trinajstić information content (AvgIpc) is 2.97. The summed E-state index contributed by atoms with van der Waals surface area (Å²) in [5.74, 6) is -0.479. The maximum atomic E-state index is 13.8. The highest BCUT2D eigenvalue weighted by Gasteiger charge is 2.30. The number of hydrogen-bond donors (Lipinski definition) is 1. The number of aromatic nitrogens is 2. The number of piperidine rings is 1. The predicted molar refractivity (Wildman–Crippen MR) is 76.7 cm³/mol. The van der Waals surface area contributed by atoms with Crippen molar-refractivity contribution in [2.75, 3.05) is 26.3 Å². The van der Waals surface area contributed by atoms with Crippen molar-refractivity contribution in [3.63, 3.8) is 0 Å². The van der Waals surface area contributed by atoms with Gasteiger partial charge in [0.15, 0.2) is 0 Å². The van der Waals surface area contributed by atoms with Crippen molar-refractivity contribution in [3.05, 3.63) is 18.7 Å². The molecule has 2 heterocycles. The Morgan fingerprint density at radius 2 is 2.27 bits per heavy atom. The van der Waals surface area contributed by atoms with Crippen molar-refractivity contribution >= 4 is 11.8 Å². The Morgan fingerprint density at radius 3 is 2.95 bits per heavy atom. The van der Waals surface area contributed by atoms with Gasteiger partial charge in [-0.2, -0.15) is 0 Å². The number of nitrogens with zero attached hydrogens (tertiary/aromatic N) is 3. The Bertz CT molecular complexity index is 494. The zero-order valence-corrected chi connectivity index (χ0v) is 12.6. The van der Waals surface area contributed by atoms with Gasteiger partial charge in [-0.15, -0.1) is 0 Å². The number of rotatable bonds is 6. The second-order valence-electron chi connectivity index (χ2n) is 5.27. The van der Waals surface area contributed by atoms with Crippen LogP contribution in [-0.2, 0) is 20.9 Å². The first-order chi connectivity index (χ1) is 10.6. The number of imidazole rings is 1. The standard InChI is InChI=1S/C14H21FN4O3/c1-2-22-9-13(20)17-12-5-11(15)6-19(7-12)14(21)8-18-4-3-16-10-18/h3-4,10-12H,2,5-9H2,1H3,(H,17,20)/t11-,12+/m1/s1. The fourth-order valence-corrected chi connectivity index (χ4v) is 2.45. The maximum absolute atomic E-state index is 13.8. The molecule has 0 radical (unpaired) electrons. The molecule has 1 aliphatic heterocycles. The van der Waals surface area contributed by atoms with E-state index in [4.69, 9.17) is 4.74 Å². The van der Waals surface area contributed by atoms with E-state index < -0.39 is 6.17 Å². The molecule has 0 unspecified atom stereocenters. The van der Waals surface area contributed by atoms with Gasteiger partial charge >= 0.3 is 0 Å². The van der Waals surface area contributed by atoms with Gasteiger partial charge in [0.05, 0.1) is 12.9 Å². The minimum absolute atomic E-state index is 0.0487. The van der Waals surface area contributed by atoms with Crippen molar-refractivity contribution < 1.29 is 18.7 Å². The minimum Gasteiger partial charge on any atom is -0.372 e. The SMILES string of the molecule is CCOCC(=O)N[C@H]1C[C@@H](F)CN(C(=O)Cn2ccnc2)C1. The quantitative estimate of drug-likeness (QED) is 0.800. The summed E-state index contributed by atoms with van der Waals surface area (Å²) < 4.78 is 20.5. The zero-order valence-electron chi connectivity index (χ0n) is 12.6. The van der Waals surface area contributed by atoms with Gasteiger partial charge in [-0.3, -0.25) is 9.59 Å². The van der Waals surface area contributed by atoms with Crippen LogP contribution in [0.5, 0.6) is 0 Å². The monoisotopic (exact) mass is 312 g/mol. The van der Waals surface area contributed by atoms with Crippen LogP contribution in [0.3, 0.4) is 0 Å². The number of alkyl halides is 1. The van der Waals surface area contributed by atoms with E-state index in [1.54, 1.807) is 23.9 Å². The fraction of sp³-hybridized carbons (Fsp3) is 0.643. The normalized spacial score (nSPS) is 21.6. The lowest BCUT2D eigenvalue weighted by Crippen LogP contribution is -2.54. The van der Waals surface area contributed by atoms with Crippen molar-refractivity contribution in [2.24, 2.45) is 0 Å². The molecule has 1 fully saturated rings. The third-order valence-electron chi connectivity index (χ3n) is 3.43. The van der Waals surface area contributed by atoms with Gasteiger partial charge in [0, 0.05) is 38.0 Å². The number of ether oxygens (including phenoxy) is 1. The highest BCUT2D eigenvalue weighted by Crippen LogP contribution is 2.14. The Balaban J connectivity index is 1.87. The first kappa shape index (κ1) is 16.4. The van der Waals surface area contributed by atoms with Gasteiger partial charge < -0.3 is 19.5 Å². The lowest BCUT2D eigenvalue weighted by atomic mass is 10.0. The van der Waals surface area contributed by atoms with Crippen LogP contribution >= 0.6 is 0 Å². The van der Waals surface area contributed by atoms with Crippen molar-refractivity contribution in [1.82, 2.24) is 19.8 Å². The summed E-state index contributed by atoms with van der Waals surface area (Å²) in [4.78, 5) is 29.1. The van der Waals surface area contributed by atoms with Crippen LogP contribution in [0.2, 0.25) is 0 Å². The summed E-state index contributed by atoms with van der Waals surface area (Å²) in [6, 6.07) is -0.386. The molecule has 2 amide bonds. The molecule has 1 saturated heterocycles. The second kappa shape index (κ2) is 7.88. The lowest BCUT2D eigenvalue weighted by Gasteiger charge is -2.35. The number of likely N-dealkylation sites (tertiary alicyclic amines) is 1. The molecule has 2 rings (SSSR count). The van der Waals surface area contributed by atoms with Crippen molar-refractivity contribution in [2.45, 2.75) is 32.1 Å². The van der Waals surface area contributed by atoms with E-state index in [0.717, 1.165) is 0 Å². The molecule has 8 heteroatoms. The van der Waals surface area contributed by atoms with E-state index in [1.165, 1.54) is 11.2 Å². The van der Waals surface area contributed by atoms with E-state index >= 15 is 0 Å². The molecular formula is C14H21FN4O3. The maximum Gasteiger partial charge on any atom is 0.246 e. The first-order valence-corrected chi connectivity index (χ1v) is 7.33. The molecule has 0 saturated carbocycles. The lowest BCUT2D eigenvalue weighted by molar-refractivity contribution is -0.136. The number of amides is 2. The molecule has 7 nitrogen and oxygen atoms in total. The van der Waals surface area contributed by atoms with Crippen LogP contribution in [0.4, 0.5) is 4.39 Å². The summed E-state index contributed by atoms with van der Waals surface area (Å²) in [7, 11) is 0. The predicted octanol–water partition coefficient (Wildman–Crippen LogP) is -0.0252. The third-order valence-corrected chi connectivity index (χ3v) is 3.43. The van der Waals surface area contributed by atoms with Gasteiger partial charge in [0.25, 0.3) is 0 Å². The molecule has 122 valence electrons. The van der Waals surface area contributed by atoms with Crippen LogP contribution in [0.1, 0.15) is 13.3 Å². The Hall–Kier alpha value is -1.96. The van der Waals surface area contributed by atoms with E-state index in [9.17, 15) is 14.0 Å². The van der Waals surface area contributed by atoms with Crippen LogP contribution in [0.25, 0.3) is 0 Å². The number of nitrogens with one attached hydrogen (secondary N) is 1. The third kappa shape index (κ3) is 4.80. The molecule has 1 aliphatic rings.